The lowest BCUT2D eigenvalue weighted by Gasteiger charge is -2.28. The van der Waals surface area contributed by atoms with Gasteiger partial charge in [0.25, 0.3) is 0 Å². The Morgan fingerprint density at radius 3 is 3.15 bits per heavy atom. The van der Waals surface area contributed by atoms with Gasteiger partial charge in [-0.15, -0.1) is 0 Å². The molecule has 0 saturated carbocycles. The molecule has 0 aromatic rings. The summed E-state index contributed by atoms with van der Waals surface area (Å²) in [5.74, 6) is 1.01. The van der Waals surface area contributed by atoms with Crippen LogP contribution >= 0.6 is 12.2 Å². The number of amides is 1. The van der Waals surface area contributed by atoms with Crippen molar-refractivity contribution in [1.82, 2.24) is 10.2 Å². The molecule has 1 N–H and O–H groups in total. The minimum atomic E-state index is 0.0648. The van der Waals surface area contributed by atoms with E-state index in [9.17, 15) is 4.79 Å². The van der Waals surface area contributed by atoms with Crippen molar-refractivity contribution in [2.75, 3.05) is 6.54 Å². The molecule has 2 aliphatic rings. The van der Waals surface area contributed by atoms with Crippen molar-refractivity contribution in [3.05, 3.63) is 11.9 Å². The van der Waals surface area contributed by atoms with E-state index in [0.717, 1.165) is 25.2 Å². The van der Waals surface area contributed by atoms with Gasteiger partial charge < -0.3 is 10.2 Å². The van der Waals surface area contributed by atoms with Crippen LogP contribution in [0.25, 0.3) is 0 Å². The van der Waals surface area contributed by atoms with Crippen molar-refractivity contribution in [2.24, 2.45) is 0 Å². The molecule has 2 rings (SSSR count). The van der Waals surface area contributed by atoms with Crippen LogP contribution in [0.5, 0.6) is 0 Å². The number of nitrogens with one attached hydrogen (secondary N) is 1. The van der Waals surface area contributed by atoms with Crippen molar-refractivity contribution in [1.29, 1.82) is 0 Å². The average molecular weight is 196 g/mol. The molecule has 0 aromatic heterocycles. The fraction of sp³-hybridized carbons (Fsp3) is 0.556. The summed E-state index contributed by atoms with van der Waals surface area (Å²) < 4.78 is 0. The third-order valence-corrected chi connectivity index (χ3v) is 2.73. The average Bonchev–Trinajstić information content (AvgIpc) is 2.46. The molecular formula is C9H12N2OS. The Bertz CT molecular complexity index is 275. The van der Waals surface area contributed by atoms with Gasteiger partial charge in [0.1, 0.15) is 11.9 Å². The Morgan fingerprint density at radius 1 is 1.54 bits per heavy atom. The monoisotopic (exact) mass is 196 g/mol. The van der Waals surface area contributed by atoms with Gasteiger partial charge >= 0.3 is 0 Å². The van der Waals surface area contributed by atoms with Gasteiger partial charge in [-0.3, -0.25) is 4.79 Å². The van der Waals surface area contributed by atoms with Crippen LogP contribution < -0.4 is 5.32 Å². The van der Waals surface area contributed by atoms with Gasteiger partial charge in [0.05, 0.1) is 0 Å². The first-order valence-electron chi connectivity index (χ1n) is 4.56. The molecule has 2 saturated heterocycles. The number of hydrogen-bond donors (Lipinski definition) is 1. The number of fused-ring (bicyclic) bond motifs is 1. The van der Waals surface area contributed by atoms with Crippen LogP contribution in [0.1, 0.15) is 19.3 Å². The lowest BCUT2D eigenvalue weighted by molar-refractivity contribution is -0.122. The molecule has 2 fully saturated rings. The molecule has 2 aliphatic heterocycles. The molecule has 0 radical (unpaired) electrons. The van der Waals surface area contributed by atoms with Crippen LogP contribution in [-0.2, 0) is 4.79 Å². The Balaban J connectivity index is 2.22. The highest BCUT2D eigenvalue weighted by Gasteiger charge is 2.36. The van der Waals surface area contributed by atoms with Crippen LogP contribution in [0.2, 0.25) is 0 Å². The van der Waals surface area contributed by atoms with Gasteiger partial charge in [0.2, 0.25) is 5.91 Å². The summed E-state index contributed by atoms with van der Waals surface area (Å²) >= 11 is 4.74. The summed E-state index contributed by atoms with van der Waals surface area (Å²) in [5, 5.41) is 4.40. The molecule has 1 amide bonds. The molecule has 3 nitrogen and oxygen atoms in total. The molecule has 13 heavy (non-hydrogen) atoms. The zero-order valence-corrected chi connectivity index (χ0v) is 8.14. The highest BCUT2D eigenvalue weighted by molar-refractivity contribution is 7.79. The first kappa shape index (κ1) is 8.69. The van der Waals surface area contributed by atoms with E-state index in [1.165, 1.54) is 6.42 Å². The molecule has 2 heterocycles. The summed E-state index contributed by atoms with van der Waals surface area (Å²) in [5.41, 5.74) is 0. The summed E-state index contributed by atoms with van der Waals surface area (Å²) in [7, 11) is 0. The smallest absolute Gasteiger partial charge is 0.248 e. The number of hydrogen-bond acceptors (Lipinski definition) is 3. The van der Waals surface area contributed by atoms with Crippen molar-refractivity contribution in [2.45, 2.75) is 25.3 Å². The number of nitrogens with zero attached hydrogens (tertiary/aromatic N) is 1. The van der Waals surface area contributed by atoms with E-state index in [1.54, 1.807) is 11.4 Å². The third kappa shape index (κ3) is 1.46. The van der Waals surface area contributed by atoms with E-state index < -0.39 is 0 Å². The number of piperidine rings is 1. The van der Waals surface area contributed by atoms with Gasteiger partial charge in [-0.2, -0.15) is 0 Å². The van der Waals surface area contributed by atoms with Gasteiger partial charge in [0.15, 0.2) is 0 Å². The summed E-state index contributed by atoms with van der Waals surface area (Å²) in [6.07, 6.45) is 5.08. The largest absolute Gasteiger partial charge is 0.346 e. The van der Waals surface area contributed by atoms with E-state index in [4.69, 9.17) is 12.2 Å². The van der Waals surface area contributed by atoms with E-state index in [-0.39, 0.29) is 11.9 Å². The van der Waals surface area contributed by atoms with E-state index in [2.05, 4.69) is 10.2 Å². The lowest BCUT2D eigenvalue weighted by Crippen LogP contribution is -2.36. The highest BCUT2D eigenvalue weighted by Crippen LogP contribution is 2.25. The predicted molar refractivity (Wildman–Crippen MR) is 54.2 cm³/mol. The molecule has 1 unspecified atom stereocenters. The van der Waals surface area contributed by atoms with Crippen molar-refractivity contribution < 1.29 is 4.79 Å². The van der Waals surface area contributed by atoms with E-state index in [0.29, 0.717) is 0 Å². The normalized spacial score (nSPS) is 30.2. The molecule has 70 valence electrons. The van der Waals surface area contributed by atoms with E-state index >= 15 is 0 Å². The second-order valence-corrected chi connectivity index (χ2v) is 3.65. The maximum absolute atomic E-state index is 11.5. The zero-order chi connectivity index (χ0) is 9.26. The molecule has 1 atom stereocenters. The molecular weight excluding hydrogens is 184 g/mol. The second-order valence-electron chi connectivity index (χ2n) is 3.38. The SMILES string of the molecule is O=C1N/C(=C\C=S)N2CCCCC12. The van der Waals surface area contributed by atoms with Gasteiger partial charge in [-0.1, -0.05) is 12.2 Å². The number of rotatable bonds is 1. The van der Waals surface area contributed by atoms with Crippen molar-refractivity contribution in [3.63, 3.8) is 0 Å². The number of allylic oxidation sites excluding steroid dienone is 1. The number of thiocarbonyl (C=S) groups is 1. The van der Waals surface area contributed by atoms with Crippen LogP contribution in [0.3, 0.4) is 0 Å². The standard InChI is InChI=1S/C9H12N2OS/c12-9-7-3-1-2-5-11(7)8(10-9)4-6-13/h4,6-7H,1-3,5H2,(H,10,12)/b8-4+. The van der Waals surface area contributed by atoms with Crippen LogP contribution in [0.15, 0.2) is 11.9 Å². The first-order chi connectivity index (χ1) is 6.33. The quantitative estimate of drug-likeness (QED) is 0.497. The minimum Gasteiger partial charge on any atom is -0.346 e. The molecule has 0 aromatic carbocycles. The van der Waals surface area contributed by atoms with Crippen LogP contribution in [0, 0.1) is 0 Å². The Labute approximate surface area is 82.8 Å². The third-order valence-electron chi connectivity index (χ3n) is 2.59. The summed E-state index contributed by atoms with van der Waals surface area (Å²) in [6, 6.07) is 0.0648. The van der Waals surface area contributed by atoms with Crippen molar-refractivity contribution >= 4 is 23.5 Å². The van der Waals surface area contributed by atoms with Crippen LogP contribution in [-0.4, -0.2) is 28.8 Å². The lowest BCUT2D eigenvalue weighted by atomic mass is 10.0. The predicted octanol–water partition coefficient (Wildman–Crippen LogP) is 0.812. The highest BCUT2D eigenvalue weighted by atomic mass is 32.1. The fourth-order valence-electron chi connectivity index (χ4n) is 1.98. The summed E-state index contributed by atoms with van der Waals surface area (Å²) in [4.78, 5) is 13.6. The Morgan fingerprint density at radius 2 is 2.38 bits per heavy atom. The Hall–Kier alpha value is -0.900. The van der Waals surface area contributed by atoms with Crippen molar-refractivity contribution in [3.8, 4) is 0 Å². The first-order valence-corrected chi connectivity index (χ1v) is 5.03. The van der Waals surface area contributed by atoms with Gasteiger partial charge in [-0.25, -0.2) is 0 Å². The maximum atomic E-state index is 11.5. The topological polar surface area (TPSA) is 32.3 Å². The molecule has 4 heteroatoms. The maximum Gasteiger partial charge on any atom is 0.248 e. The number of carbonyl (C=O) groups excluding carboxylic acids is 1. The molecule has 0 spiro atoms. The van der Waals surface area contributed by atoms with E-state index in [1.807, 2.05) is 0 Å². The Kier molecular flexibility index (Phi) is 2.31. The van der Waals surface area contributed by atoms with Crippen LogP contribution in [0.4, 0.5) is 0 Å². The van der Waals surface area contributed by atoms with Gasteiger partial charge in [0, 0.05) is 11.9 Å². The minimum absolute atomic E-state index is 0.0648. The van der Waals surface area contributed by atoms with Gasteiger partial charge in [-0.05, 0) is 25.3 Å². The number of carbonyl (C=O) groups is 1. The zero-order valence-electron chi connectivity index (χ0n) is 7.32. The summed E-state index contributed by atoms with van der Waals surface area (Å²) in [6.45, 7) is 0.971. The fourth-order valence-corrected chi connectivity index (χ4v) is 2.10. The molecule has 0 bridgehead atoms. The second kappa shape index (κ2) is 3.46. The molecule has 0 aliphatic carbocycles.